The van der Waals surface area contributed by atoms with Crippen molar-refractivity contribution in [2.75, 3.05) is 0 Å². The van der Waals surface area contributed by atoms with Gasteiger partial charge in [-0.3, -0.25) is 24.4 Å². The van der Waals surface area contributed by atoms with Crippen LogP contribution in [0.2, 0.25) is 0 Å². The van der Waals surface area contributed by atoms with Gasteiger partial charge in [0, 0.05) is 12.6 Å². The van der Waals surface area contributed by atoms with Crippen LogP contribution in [0.5, 0.6) is 0 Å². The molecule has 1 aromatic rings. The predicted octanol–water partition coefficient (Wildman–Crippen LogP) is -0.512. The van der Waals surface area contributed by atoms with Crippen LogP contribution in [0.25, 0.3) is 0 Å². The zero-order chi connectivity index (χ0) is 12.4. The van der Waals surface area contributed by atoms with Crippen LogP contribution in [0, 0.1) is 0 Å². The van der Waals surface area contributed by atoms with Gasteiger partial charge in [0.1, 0.15) is 6.54 Å². The van der Waals surface area contributed by atoms with Crippen LogP contribution in [0.3, 0.4) is 0 Å². The first kappa shape index (κ1) is 11.3. The molecule has 1 unspecified atom stereocenters. The SMILES string of the molecule is O=C(O)Cn1ccc(C2CCC(=O)NC2=O)n1. The molecule has 1 atom stereocenters. The second-order valence-corrected chi connectivity index (χ2v) is 3.84. The van der Waals surface area contributed by atoms with Crippen LogP contribution < -0.4 is 5.32 Å². The van der Waals surface area contributed by atoms with Gasteiger partial charge in [0.15, 0.2) is 0 Å². The molecule has 2 rings (SSSR count). The van der Waals surface area contributed by atoms with Gasteiger partial charge < -0.3 is 5.11 Å². The highest BCUT2D eigenvalue weighted by Crippen LogP contribution is 2.22. The van der Waals surface area contributed by atoms with E-state index in [1.54, 1.807) is 6.07 Å². The number of nitrogens with zero attached hydrogens (tertiary/aromatic N) is 2. The molecule has 7 nitrogen and oxygen atoms in total. The Bertz CT molecular complexity index is 480. The lowest BCUT2D eigenvalue weighted by Crippen LogP contribution is -2.39. The summed E-state index contributed by atoms with van der Waals surface area (Å²) in [5, 5.41) is 14.8. The van der Waals surface area contributed by atoms with Crippen molar-refractivity contribution >= 4 is 17.8 Å². The van der Waals surface area contributed by atoms with Gasteiger partial charge in [-0.25, -0.2) is 0 Å². The Morgan fingerprint density at radius 2 is 2.35 bits per heavy atom. The number of amides is 2. The van der Waals surface area contributed by atoms with E-state index in [9.17, 15) is 14.4 Å². The number of nitrogens with one attached hydrogen (secondary N) is 1. The predicted molar refractivity (Wildman–Crippen MR) is 55.0 cm³/mol. The fourth-order valence-electron chi connectivity index (χ4n) is 1.77. The summed E-state index contributed by atoms with van der Waals surface area (Å²) in [7, 11) is 0. The summed E-state index contributed by atoms with van der Waals surface area (Å²) in [6.45, 7) is -0.243. The Balaban J connectivity index is 2.12. The number of hydrogen-bond donors (Lipinski definition) is 2. The average Bonchev–Trinajstić information content (AvgIpc) is 2.65. The summed E-state index contributed by atoms with van der Waals surface area (Å²) < 4.78 is 1.25. The van der Waals surface area contributed by atoms with Crippen LogP contribution >= 0.6 is 0 Å². The molecule has 0 saturated carbocycles. The minimum absolute atomic E-state index is 0.243. The van der Waals surface area contributed by atoms with E-state index in [0.29, 0.717) is 12.1 Å². The molecule has 7 heteroatoms. The number of aliphatic carboxylic acids is 1. The van der Waals surface area contributed by atoms with E-state index >= 15 is 0 Å². The highest BCUT2D eigenvalue weighted by molar-refractivity contribution is 6.00. The molecule has 1 aromatic heterocycles. The van der Waals surface area contributed by atoms with Gasteiger partial charge in [-0.15, -0.1) is 0 Å². The molecule has 0 radical (unpaired) electrons. The van der Waals surface area contributed by atoms with E-state index in [1.807, 2.05) is 0 Å². The zero-order valence-electron chi connectivity index (χ0n) is 8.92. The van der Waals surface area contributed by atoms with Crippen LogP contribution in [-0.4, -0.2) is 32.7 Å². The number of aromatic nitrogens is 2. The maximum atomic E-state index is 11.5. The lowest BCUT2D eigenvalue weighted by molar-refractivity contribution is -0.138. The summed E-state index contributed by atoms with van der Waals surface area (Å²) in [4.78, 5) is 33.0. The first-order chi connectivity index (χ1) is 8.06. The average molecular weight is 237 g/mol. The largest absolute Gasteiger partial charge is 0.480 e. The number of hydrogen-bond acceptors (Lipinski definition) is 4. The van der Waals surface area contributed by atoms with Gasteiger partial charge in [-0.2, -0.15) is 5.10 Å². The van der Waals surface area contributed by atoms with Crippen LogP contribution in [0.4, 0.5) is 0 Å². The molecule has 17 heavy (non-hydrogen) atoms. The van der Waals surface area contributed by atoms with Gasteiger partial charge >= 0.3 is 5.97 Å². The van der Waals surface area contributed by atoms with E-state index in [0.717, 1.165) is 0 Å². The second-order valence-electron chi connectivity index (χ2n) is 3.84. The molecule has 0 aliphatic carbocycles. The maximum Gasteiger partial charge on any atom is 0.325 e. The number of carbonyl (C=O) groups excluding carboxylic acids is 2. The van der Waals surface area contributed by atoms with Crippen LogP contribution in [0.15, 0.2) is 12.3 Å². The van der Waals surface area contributed by atoms with E-state index in [4.69, 9.17) is 5.11 Å². The van der Waals surface area contributed by atoms with Crippen molar-refractivity contribution in [1.29, 1.82) is 0 Å². The van der Waals surface area contributed by atoms with Gasteiger partial charge in [-0.05, 0) is 12.5 Å². The van der Waals surface area contributed by atoms with Gasteiger partial charge in [0.25, 0.3) is 0 Å². The molecule has 2 heterocycles. The van der Waals surface area contributed by atoms with Gasteiger partial charge in [-0.1, -0.05) is 0 Å². The molecule has 1 saturated heterocycles. The molecule has 0 aromatic carbocycles. The molecule has 1 aliphatic heterocycles. The Hall–Kier alpha value is -2.18. The summed E-state index contributed by atoms with van der Waals surface area (Å²) in [6, 6.07) is 1.60. The standard InChI is InChI=1S/C10H11N3O4/c14-8-2-1-6(10(17)11-8)7-3-4-13(12-7)5-9(15)16/h3-4,6H,1-2,5H2,(H,15,16)(H,11,14,17). The number of rotatable bonds is 3. The fraction of sp³-hybridized carbons (Fsp3) is 0.400. The highest BCUT2D eigenvalue weighted by atomic mass is 16.4. The Kier molecular flexibility index (Phi) is 2.90. The summed E-state index contributed by atoms with van der Waals surface area (Å²) >= 11 is 0. The number of carboxylic acid groups (broad SMARTS) is 1. The number of piperidine rings is 1. The van der Waals surface area contributed by atoms with E-state index < -0.39 is 11.9 Å². The molecule has 0 spiro atoms. The molecule has 0 bridgehead atoms. The lowest BCUT2D eigenvalue weighted by atomic mass is 9.95. The second kappa shape index (κ2) is 4.36. The van der Waals surface area contributed by atoms with Gasteiger partial charge in [0.2, 0.25) is 11.8 Å². The highest BCUT2D eigenvalue weighted by Gasteiger charge is 2.29. The third-order valence-electron chi connectivity index (χ3n) is 2.55. The van der Waals surface area contributed by atoms with E-state index in [1.165, 1.54) is 10.9 Å². The smallest absolute Gasteiger partial charge is 0.325 e. The lowest BCUT2D eigenvalue weighted by Gasteiger charge is -2.18. The van der Waals surface area contributed by atoms with Crippen molar-refractivity contribution in [3.8, 4) is 0 Å². The third-order valence-corrected chi connectivity index (χ3v) is 2.55. The van der Waals surface area contributed by atoms with Crippen molar-refractivity contribution in [2.45, 2.75) is 25.3 Å². The van der Waals surface area contributed by atoms with Crippen molar-refractivity contribution in [1.82, 2.24) is 15.1 Å². The third kappa shape index (κ3) is 2.49. The van der Waals surface area contributed by atoms with E-state index in [2.05, 4.69) is 10.4 Å². The molecular weight excluding hydrogens is 226 g/mol. The number of carbonyl (C=O) groups is 3. The Morgan fingerprint density at radius 3 is 3.00 bits per heavy atom. The monoisotopic (exact) mass is 237 g/mol. The number of imide groups is 1. The Labute approximate surface area is 96.4 Å². The molecule has 2 N–H and O–H groups in total. The molecule has 1 fully saturated rings. The number of carboxylic acids is 1. The Morgan fingerprint density at radius 1 is 1.59 bits per heavy atom. The fourth-order valence-corrected chi connectivity index (χ4v) is 1.77. The van der Waals surface area contributed by atoms with Gasteiger partial charge in [0.05, 0.1) is 11.6 Å². The first-order valence-electron chi connectivity index (χ1n) is 5.15. The summed E-state index contributed by atoms with van der Waals surface area (Å²) in [5.41, 5.74) is 0.497. The normalized spacial score (nSPS) is 20.1. The van der Waals surface area contributed by atoms with Crippen molar-refractivity contribution in [2.24, 2.45) is 0 Å². The minimum atomic E-state index is -0.997. The zero-order valence-corrected chi connectivity index (χ0v) is 8.92. The van der Waals surface area contributed by atoms with E-state index in [-0.39, 0.29) is 24.8 Å². The van der Waals surface area contributed by atoms with Crippen LogP contribution in [-0.2, 0) is 20.9 Å². The van der Waals surface area contributed by atoms with Crippen molar-refractivity contribution < 1.29 is 19.5 Å². The van der Waals surface area contributed by atoms with Crippen molar-refractivity contribution in [3.63, 3.8) is 0 Å². The quantitative estimate of drug-likeness (QED) is 0.689. The maximum absolute atomic E-state index is 11.5. The topological polar surface area (TPSA) is 101 Å². The molecule has 90 valence electrons. The summed E-state index contributed by atoms with van der Waals surface area (Å²) in [5.74, 6) is -2.12. The molecule has 1 aliphatic rings. The van der Waals surface area contributed by atoms with Crippen molar-refractivity contribution in [3.05, 3.63) is 18.0 Å². The first-order valence-corrected chi connectivity index (χ1v) is 5.15. The van der Waals surface area contributed by atoms with Crippen LogP contribution in [0.1, 0.15) is 24.5 Å². The summed E-state index contributed by atoms with van der Waals surface area (Å²) in [6.07, 6.45) is 2.20. The molecular formula is C10H11N3O4. The minimum Gasteiger partial charge on any atom is -0.480 e. The molecule has 2 amide bonds.